The van der Waals surface area contributed by atoms with Crippen molar-refractivity contribution in [3.05, 3.63) is 24.4 Å². The molecule has 0 aromatic carbocycles. The molecule has 1 saturated heterocycles. The third kappa shape index (κ3) is 3.32. The Labute approximate surface area is 148 Å². The molecule has 6 heteroatoms. The van der Waals surface area contributed by atoms with E-state index in [1.807, 2.05) is 6.08 Å². The molecule has 1 aliphatic heterocycles. The monoisotopic (exact) mass is 344 g/mol. The van der Waals surface area contributed by atoms with E-state index in [0.29, 0.717) is 18.7 Å². The summed E-state index contributed by atoms with van der Waals surface area (Å²) in [6.07, 6.45) is 10.6. The minimum Gasteiger partial charge on any atom is -0.465 e. The Morgan fingerprint density at radius 1 is 1.60 bits per heavy atom. The lowest BCUT2D eigenvalue weighted by Crippen LogP contribution is -2.43. The van der Waals surface area contributed by atoms with Crippen LogP contribution < -0.4 is 5.32 Å². The molecule has 0 aromatic rings. The van der Waals surface area contributed by atoms with Crippen LogP contribution in [-0.2, 0) is 19.1 Å². The molecule has 0 saturated carbocycles. The van der Waals surface area contributed by atoms with Crippen LogP contribution in [0.5, 0.6) is 0 Å². The van der Waals surface area contributed by atoms with Gasteiger partial charge in [-0.3, -0.25) is 14.4 Å². The lowest BCUT2D eigenvalue weighted by molar-refractivity contribution is -0.158. The van der Waals surface area contributed by atoms with Crippen LogP contribution in [0.4, 0.5) is 0 Å². The molecule has 0 radical (unpaired) electrons. The highest BCUT2D eigenvalue weighted by molar-refractivity contribution is 5.99. The fourth-order valence-electron chi connectivity index (χ4n) is 3.75. The van der Waals surface area contributed by atoms with Gasteiger partial charge in [0.05, 0.1) is 19.1 Å². The van der Waals surface area contributed by atoms with Gasteiger partial charge in [0.1, 0.15) is 5.41 Å². The fourth-order valence-corrected chi connectivity index (χ4v) is 3.75. The topological polar surface area (TPSA) is 75.7 Å². The van der Waals surface area contributed by atoms with E-state index in [2.05, 4.69) is 17.8 Å². The number of nitrogens with zero attached hydrogens (tertiary/aromatic N) is 1. The van der Waals surface area contributed by atoms with Crippen molar-refractivity contribution in [2.75, 3.05) is 19.7 Å². The van der Waals surface area contributed by atoms with Gasteiger partial charge in [0.15, 0.2) is 0 Å². The SMILES string of the molecule is C#CCNC(=O)C[C@H]1C(=O)N(CC=C)C2=CCCC[C@@]21C(=O)OCC. The first kappa shape index (κ1) is 18.8. The molecule has 1 fully saturated rings. The molecule has 25 heavy (non-hydrogen) atoms. The second-order valence-corrected chi connectivity index (χ2v) is 6.15. The molecule has 1 heterocycles. The molecule has 1 N–H and O–H groups in total. The zero-order valence-electron chi connectivity index (χ0n) is 14.5. The highest BCUT2D eigenvalue weighted by atomic mass is 16.5. The van der Waals surface area contributed by atoms with E-state index in [4.69, 9.17) is 11.2 Å². The first-order chi connectivity index (χ1) is 12.0. The van der Waals surface area contributed by atoms with Crippen molar-refractivity contribution in [1.82, 2.24) is 10.2 Å². The fraction of sp³-hybridized carbons (Fsp3) is 0.526. The number of esters is 1. The molecule has 2 atom stereocenters. The summed E-state index contributed by atoms with van der Waals surface area (Å²) in [6, 6.07) is 0. The van der Waals surface area contributed by atoms with Gasteiger partial charge >= 0.3 is 5.97 Å². The summed E-state index contributed by atoms with van der Waals surface area (Å²) in [6.45, 7) is 6.03. The number of hydrogen-bond acceptors (Lipinski definition) is 4. The van der Waals surface area contributed by atoms with E-state index >= 15 is 0 Å². The Hall–Kier alpha value is -2.55. The number of carbonyl (C=O) groups excluding carboxylic acids is 3. The number of rotatable bonds is 7. The lowest BCUT2D eigenvalue weighted by atomic mass is 9.68. The first-order valence-electron chi connectivity index (χ1n) is 8.53. The lowest BCUT2D eigenvalue weighted by Gasteiger charge is -2.35. The Balaban J connectivity index is 2.43. The summed E-state index contributed by atoms with van der Waals surface area (Å²) in [5.41, 5.74) is -0.446. The van der Waals surface area contributed by atoms with E-state index in [1.165, 1.54) is 0 Å². The molecule has 1 aliphatic carbocycles. The van der Waals surface area contributed by atoms with Crippen molar-refractivity contribution in [2.45, 2.75) is 32.6 Å². The van der Waals surface area contributed by atoms with Crippen molar-refractivity contribution < 1.29 is 19.1 Å². The zero-order chi connectivity index (χ0) is 18.4. The summed E-state index contributed by atoms with van der Waals surface area (Å²) in [5.74, 6) is 0.532. The molecule has 0 aromatic heterocycles. The van der Waals surface area contributed by atoms with Gasteiger partial charge in [-0.05, 0) is 26.2 Å². The van der Waals surface area contributed by atoms with Crippen molar-refractivity contribution in [1.29, 1.82) is 0 Å². The second-order valence-electron chi connectivity index (χ2n) is 6.15. The predicted molar refractivity (Wildman–Crippen MR) is 92.9 cm³/mol. The average Bonchev–Trinajstić information content (AvgIpc) is 2.84. The zero-order valence-corrected chi connectivity index (χ0v) is 14.5. The molecular formula is C19H24N2O4. The van der Waals surface area contributed by atoms with Crippen molar-refractivity contribution in [3.63, 3.8) is 0 Å². The third-order valence-electron chi connectivity index (χ3n) is 4.75. The molecule has 2 amide bonds. The number of nitrogens with one attached hydrogen (secondary N) is 1. The molecule has 6 nitrogen and oxygen atoms in total. The minimum absolute atomic E-state index is 0.0885. The van der Waals surface area contributed by atoms with Gasteiger partial charge < -0.3 is 15.0 Å². The van der Waals surface area contributed by atoms with Crippen molar-refractivity contribution in [2.24, 2.45) is 11.3 Å². The van der Waals surface area contributed by atoms with E-state index in [0.717, 1.165) is 12.8 Å². The Bertz CT molecular complexity index is 646. The third-order valence-corrected chi connectivity index (χ3v) is 4.75. The van der Waals surface area contributed by atoms with Crippen LogP contribution in [0.1, 0.15) is 32.6 Å². The standard InChI is InChI=1S/C19H24N2O4/c1-4-11-20-16(22)13-14-17(23)21(12-5-2)15-9-7-8-10-19(14,15)18(24)25-6-3/h1,5,9,14H,2,6-8,10-13H2,3H3,(H,20,22)/t14-,19-/m0/s1. The normalized spacial score (nSPS) is 24.8. The number of ether oxygens (including phenoxy) is 1. The van der Waals surface area contributed by atoms with E-state index < -0.39 is 17.3 Å². The molecule has 0 spiro atoms. The van der Waals surface area contributed by atoms with Crippen LogP contribution in [0.15, 0.2) is 24.4 Å². The van der Waals surface area contributed by atoms with E-state index in [1.54, 1.807) is 17.9 Å². The molecule has 2 aliphatic rings. The van der Waals surface area contributed by atoms with Gasteiger partial charge in [-0.2, -0.15) is 0 Å². The van der Waals surface area contributed by atoms with Gasteiger partial charge in [-0.15, -0.1) is 13.0 Å². The number of terminal acetylenes is 1. The summed E-state index contributed by atoms with van der Waals surface area (Å²) < 4.78 is 5.31. The highest BCUT2D eigenvalue weighted by Gasteiger charge is 2.61. The molecular weight excluding hydrogens is 320 g/mol. The minimum atomic E-state index is -1.10. The maximum Gasteiger partial charge on any atom is 0.318 e. The number of hydrogen-bond donors (Lipinski definition) is 1. The Morgan fingerprint density at radius 3 is 3.00 bits per heavy atom. The average molecular weight is 344 g/mol. The Morgan fingerprint density at radius 2 is 2.36 bits per heavy atom. The highest BCUT2D eigenvalue weighted by Crippen LogP contribution is 2.53. The van der Waals surface area contributed by atoms with Crippen LogP contribution in [0.25, 0.3) is 0 Å². The van der Waals surface area contributed by atoms with Crippen LogP contribution in [0.2, 0.25) is 0 Å². The molecule has 134 valence electrons. The number of allylic oxidation sites excluding steroid dienone is 1. The van der Waals surface area contributed by atoms with Gasteiger partial charge in [0.25, 0.3) is 0 Å². The van der Waals surface area contributed by atoms with Gasteiger partial charge in [0.2, 0.25) is 11.8 Å². The summed E-state index contributed by atoms with van der Waals surface area (Å²) in [5, 5.41) is 2.57. The van der Waals surface area contributed by atoms with Crippen molar-refractivity contribution in [3.8, 4) is 12.3 Å². The smallest absolute Gasteiger partial charge is 0.318 e. The van der Waals surface area contributed by atoms with E-state index in [9.17, 15) is 14.4 Å². The van der Waals surface area contributed by atoms with Crippen LogP contribution in [0.3, 0.4) is 0 Å². The van der Waals surface area contributed by atoms with Gasteiger partial charge in [-0.25, -0.2) is 0 Å². The maximum absolute atomic E-state index is 13.0. The number of fused-ring (bicyclic) bond motifs is 1. The van der Waals surface area contributed by atoms with Crippen LogP contribution >= 0.6 is 0 Å². The first-order valence-corrected chi connectivity index (χ1v) is 8.53. The molecule has 2 rings (SSSR count). The summed E-state index contributed by atoms with van der Waals surface area (Å²) in [4.78, 5) is 39.6. The van der Waals surface area contributed by atoms with Crippen LogP contribution in [-0.4, -0.2) is 42.4 Å². The van der Waals surface area contributed by atoms with Gasteiger partial charge in [-0.1, -0.05) is 18.1 Å². The number of likely N-dealkylation sites (tertiary alicyclic amines) is 1. The summed E-state index contributed by atoms with van der Waals surface area (Å²) in [7, 11) is 0. The Kier molecular flexibility index (Phi) is 6.02. The quantitative estimate of drug-likeness (QED) is 0.430. The predicted octanol–water partition coefficient (Wildman–Crippen LogP) is 1.39. The van der Waals surface area contributed by atoms with Crippen molar-refractivity contribution >= 4 is 17.8 Å². The second kappa shape index (κ2) is 8.02. The largest absolute Gasteiger partial charge is 0.465 e. The van der Waals surface area contributed by atoms with E-state index in [-0.39, 0.29) is 31.4 Å². The summed E-state index contributed by atoms with van der Waals surface area (Å²) >= 11 is 0. The van der Waals surface area contributed by atoms with Crippen LogP contribution in [0, 0.1) is 23.7 Å². The number of amides is 2. The number of carbonyl (C=O) groups is 3. The molecule has 0 bridgehead atoms. The van der Waals surface area contributed by atoms with Gasteiger partial charge in [0, 0.05) is 18.7 Å². The molecule has 0 unspecified atom stereocenters. The maximum atomic E-state index is 13.0.